The van der Waals surface area contributed by atoms with Crippen molar-refractivity contribution in [1.29, 1.82) is 0 Å². The number of hydrogen-bond acceptors (Lipinski definition) is 8. The molecule has 302 valence electrons. The van der Waals surface area contributed by atoms with Gasteiger partial charge in [-0.05, 0) is 73.2 Å². The lowest BCUT2D eigenvalue weighted by atomic mass is 9.65. The molecule has 0 aliphatic carbocycles. The highest BCUT2D eigenvalue weighted by molar-refractivity contribution is 6.49. The fourth-order valence-corrected chi connectivity index (χ4v) is 4.65. The van der Waals surface area contributed by atoms with Gasteiger partial charge in [0.25, 0.3) is 0 Å². The molecule has 4 aliphatic rings. The Balaban J connectivity index is -0.000000118. The van der Waals surface area contributed by atoms with Crippen LogP contribution >= 0.6 is 0 Å². The Morgan fingerprint density at radius 2 is 0.860 bits per heavy atom. The summed E-state index contributed by atoms with van der Waals surface area (Å²) in [6.07, 6.45) is 6.62. The van der Waals surface area contributed by atoms with E-state index in [0.29, 0.717) is 36.4 Å². The van der Waals surface area contributed by atoms with Crippen LogP contribution in [0.1, 0.15) is 164 Å². The number of hydrogen-bond donors (Lipinski definition) is 4. The van der Waals surface area contributed by atoms with Crippen LogP contribution < -0.4 is 0 Å². The Bertz CT molecular complexity index is 640. The molecule has 0 spiro atoms. The largest absolute Gasteiger partial charge is 0.483 e. The highest BCUT2D eigenvalue weighted by Crippen LogP contribution is 2.35. The van der Waals surface area contributed by atoms with Crippen molar-refractivity contribution in [3.63, 3.8) is 0 Å². The zero-order valence-corrected chi connectivity index (χ0v) is 37.3. The van der Waals surface area contributed by atoms with Gasteiger partial charge in [0, 0.05) is 26.4 Å². The van der Waals surface area contributed by atoms with E-state index in [0.717, 1.165) is 57.9 Å². The molecule has 3 atom stereocenters. The Hall–Kier alpha value is -0.320. The Morgan fingerprint density at radius 1 is 0.520 bits per heavy atom. The average Bonchev–Trinajstić information content (AvgIpc) is 3.10. The van der Waals surface area contributed by atoms with Gasteiger partial charge in [-0.2, -0.15) is 0 Å². The predicted molar refractivity (Wildman–Crippen MR) is 225 cm³/mol. The Labute approximate surface area is 316 Å². The first kappa shape index (κ1) is 61.7. The van der Waals surface area contributed by atoms with Crippen molar-refractivity contribution in [2.45, 2.75) is 183 Å². The number of rotatable bonds is 0. The van der Waals surface area contributed by atoms with Gasteiger partial charge in [0.1, 0.15) is 0 Å². The van der Waals surface area contributed by atoms with E-state index in [1.165, 1.54) is 5.57 Å². The highest BCUT2D eigenvalue weighted by atomic mass is 16.5. The molecule has 0 amide bonds. The first-order valence-electron chi connectivity index (χ1n) is 20.5. The zero-order valence-electron chi connectivity index (χ0n) is 37.3. The van der Waals surface area contributed by atoms with Crippen LogP contribution in [-0.4, -0.2) is 75.0 Å². The molecule has 1 unspecified atom stereocenters. The molecule has 0 saturated carbocycles. The molecule has 0 aromatic carbocycles. The van der Waals surface area contributed by atoms with Crippen molar-refractivity contribution < 1.29 is 38.7 Å². The topological polar surface area (TPSA) is 118 Å². The Morgan fingerprint density at radius 3 is 1.06 bits per heavy atom. The summed E-state index contributed by atoms with van der Waals surface area (Å²) in [6.45, 7) is 44.2. The van der Waals surface area contributed by atoms with Crippen molar-refractivity contribution in [1.82, 2.24) is 0 Å². The molecule has 4 aliphatic heterocycles. The van der Waals surface area contributed by atoms with Crippen molar-refractivity contribution in [2.24, 2.45) is 28.6 Å². The van der Waals surface area contributed by atoms with E-state index in [1.807, 2.05) is 89.1 Å². The minimum absolute atomic E-state index is 0.171. The summed E-state index contributed by atoms with van der Waals surface area (Å²) in [6, 6.07) is 0. The lowest BCUT2D eigenvalue weighted by molar-refractivity contribution is 0.138. The quantitative estimate of drug-likeness (QED) is 0.183. The lowest BCUT2D eigenvalue weighted by Gasteiger charge is -2.34. The molecule has 0 bridgehead atoms. The Kier molecular flexibility index (Phi) is 51.1. The standard InChI is InChI=1S/C8H17BO2.C8H15BO2.2C5H11BO2.6C2H6/c2*1-8(2,3)7-4-5-11-9(10)6-7;2*1-5-2-3-8-6(7)4-5;6*1-2/h7,10H,4-6H2,1-3H3;6,10H,4-5H2,1-3H3;2*5,7H,2-4H2,1H3;6*1-2H3/t;;2*5-;;;;;;/m..10....../s1. The van der Waals surface area contributed by atoms with E-state index in [9.17, 15) is 5.02 Å². The maximum atomic E-state index is 9.22. The molecule has 3 fully saturated rings. The van der Waals surface area contributed by atoms with Crippen LogP contribution in [0.3, 0.4) is 0 Å². The first-order chi connectivity index (χ1) is 23.6. The summed E-state index contributed by atoms with van der Waals surface area (Å²) >= 11 is 0. The monoisotopic (exact) mass is 719 g/mol. The van der Waals surface area contributed by atoms with Crippen LogP contribution in [-0.2, 0) is 18.6 Å². The molecule has 3 saturated heterocycles. The minimum atomic E-state index is -0.682. The SMILES string of the molecule is CC.CC.CC.CC.CC.CC.CC(C)(C)C1=CB(O)OCC1.CC(C)(C)C1CCOB(O)C1.C[C@@H]1CCOB(O)C1.C[C@H]1CCOB(O)C1. The second-order valence-electron chi connectivity index (χ2n) is 13.3. The summed E-state index contributed by atoms with van der Waals surface area (Å²) in [5.41, 5.74) is 1.77. The lowest BCUT2D eigenvalue weighted by Crippen LogP contribution is -2.34. The third-order valence-corrected chi connectivity index (χ3v) is 7.50. The van der Waals surface area contributed by atoms with Gasteiger partial charge >= 0.3 is 28.5 Å². The van der Waals surface area contributed by atoms with E-state index in [4.69, 9.17) is 33.7 Å². The molecule has 4 N–H and O–H groups in total. The molecule has 50 heavy (non-hydrogen) atoms. The molecule has 4 rings (SSSR count). The van der Waals surface area contributed by atoms with Gasteiger partial charge in [-0.25, -0.2) is 0 Å². The van der Waals surface area contributed by atoms with Gasteiger partial charge in [0.05, 0.1) is 0 Å². The van der Waals surface area contributed by atoms with Crippen LogP contribution in [0.25, 0.3) is 0 Å². The molecule has 0 aromatic heterocycles. The molecule has 12 heteroatoms. The van der Waals surface area contributed by atoms with Crippen LogP contribution in [0.4, 0.5) is 0 Å². The second-order valence-corrected chi connectivity index (χ2v) is 13.3. The zero-order chi connectivity index (χ0) is 40.9. The maximum absolute atomic E-state index is 9.22. The normalized spacial score (nSPS) is 21.0. The van der Waals surface area contributed by atoms with Gasteiger partial charge in [0.2, 0.25) is 0 Å². The van der Waals surface area contributed by atoms with Crippen molar-refractivity contribution >= 4 is 28.5 Å². The molecular formula is C38H90B4O8. The van der Waals surface area contributed by atoms with Crippen LogP contribution in [0.5, 0.6) is 0 Å². The van der Waals surface area contributed by atoms with Gasteiger partial charge in [0.15, 0.2) is 0 Å². The fraction of sp³-hybridized carbons (Fsp3) is 0.947. The van der Waals surface area contributed by atoms with Crippen molar-refractivity contribution in [2.75, 3.05) is 26.4 Å². The van der Waals surface area contributed by atoms with Crippen molar-refractivity contribution in [3.8, 4) is 0 Å². The van der Waals surface area contributed by atoms with Gasteiger partial charge in [-0.15, -0.1) is 0 Å². The first-order valence-corrected chi connectivity index (χ1v) is 20.5. The summed E-state index contributed by atoms with van der Waals surface area (Å²) < 4.78 is 19.8. The maximum Gasteiger partial charge on any atom is 0.483 e. The molecule has 0 radical (unpaired) electrons. The smallest absolute Gasteiger partial charge is 0.427 e. The summed E-state index contributed by atoms with van der Waals surface area (Å²) in [5.74, 6) is 3.69. The summed E-state index contributed by atoms with van der Waals surface area (Å²) in [5, 5.41) is 36.1. The van der Waals surface area contributed by atoms with E-state index in [2.05, 4.69) is 55.4 Å². The van der Waals surface area contributed by atoms with Crippen molar-refractivity contribution in [3.05, 3.63) is 11.5 Å². The van der Waals surface area contributed by atoms with E-state index >= 15 is 0 Å². The summed E-state index contributed by atoms with van der Waals surface area (Å²) in [7, 11) is -2.18. The van der Waals surface area contributed by atoms with Gasteiger partial charge in [-0.3, -0.25) is 0 Å². The molecular weight excluding hydrogens is 628 g/mol. The van der Waals surface area contributed by atoms with E-state index in [-0.39, 0.29) is 5.41 Å². The molecule has 4 heterocycles. The van der Waals surface area contributed by atoms with Gasteiger partial charge < -0.3 is 38.7 Å². The second kappa shape index (κ2) is 41.4. The summed E-state index contributed by atoms with van der Waals surface area (Å²) in [4.78, 5) is 0. The molecule has 0 aromatic rings. The van der Waals surface area contributed by atoms with Crippen LogP contribution in [0.15, 0.2) is 11.5 Å². The third-order valence-electron chi connectivity index (χ3n) is 7.50. The van der Waals surface area contributed by atoms with E-state index < -0.39 is 28.5 Å². The molecule has 8 nitrogen and oxygen atoms in total. The van der Waals surface area contributed by atoms with Crippen LogP contribution in [0.2, 0.25) is 19.0 Å². The minimum Gasteiger partial charge on any atom is -0.427 e. The predicted octanol–water partition coefficient (Wildman–Crippen LogP) is 10.2. The third kappa shape index (κ3) is 38.9. The van der Waals surface area contributed by atoms with Crippen LogP contribution in [0, 0.1) is 28.6 Å². The van der Waals surface area contributed by atoms with Gasteiger partial charge in [-0.1, -0.05) is 150 Å². The average molecular weight is 718 g/mol. The van der Waals surface area contributed by atoms with E-state index in [1.54, 1.807) is 0 Å². The fourth-order valence-electron chi connectivity index (χ4n) is 4.65. The highest BCUT2D eigenvalue weighted by Gasteiger charge is 2.33.